The van der Waals surface area contributed by atoms with E-state index < -0.39 is 8.40 Å². The molecule has 1 aromatic rings. The largest absolute Gasteiger partial charge is 0.314 e. The van der Waals surface area contributed by atoms with E-state index in [9.17, 15) is 0 Å². The molecule has 0 aliphatic heterocycles. The molecule has 0 saturated carbocycles. The molecular formula is C13H22N2Si. The lowest BCUT2D eigenvalue weighted by Gasteiger charge is -2.40. The summed E-state index contributed by atoms with van der Waals surface area (Å²) in [5.74, 6) is 0. The Hall–Kier alpha value is -0.903. The summed E-state index contributed by atoms with van der Waals surface area (Å²) in [4.78, 5) is 0. The second-order valence-electron chi connectivity index (χ2n) is 4.64. The molecule has 0 spiro atoms. The van der Waals surface area contributed by atoms with Gasteiger partial charge >= 0.3 is 0 Å². The summed E-state index contributed by atoms with van der Waals surface area (Å²) >= 11 is 0. The van der Waals surface area contributed by atoms with Gasteiger partial charge in [0.05, 0.1) is 0 Å². The molecule has 0 aliphatic carbocycles. The Morgan fingerprint density at radius 3 is 2.12 bits per heavy atom. The molecule has 0 fully saturated rings. The molecule has 1 aromatic carbocycles. The quantitative estimate of drug-likeness (QED) is 0.732. The molecule has 0 unspecified atom stereocenters. The second-order valence-corrected chi connectivity index (χ2v) is 9.05. The zero-order valence-electron chi connectivity index (χ0n) is 11.0. The Morgan fingerprint density at radius 2 is 1.69 bits per heavy atom. The maximum atomic E-state index is 3.83. The maximum absolute atomic E-state index is 3.83. The molecule has 0 radical (unpaired) electrons. The molecule has 0 N–H and O–H groups in total. The van der Waals surface area contributed by atoms with Gasteiger partial charge in [0.2, 0.25) is 8.40 Å². The van der Waals surface area contributed by atoms with Crippen LogP contribution in [-0.4, -0.2) is 45.7 Å². The zero-order chi connectivity index (χ0) is 12.3. The molecule has 0 bridgehead atoms. The minimum Gasteiger partial charge on any atom is -0.314 e. The van der Waals surface area contributed by atoms with Crippen molar-refractivity contribution in [2.75, 3.05) is 28.2 Å². The number of nitrogens with zero attached hydrogens (tertiary/aromatic N) is 2. The van der Waals surface area contributed by atoms with Gasteiger partial charge in [-0.15, -0.1) is 0 Å². The number of hydrogen-bond acceptors (Lipinski definition) is 2. The Bertz CT molecular complexity index is 364. The normalized spacial score (nSPS) is 12.2. The fraction of sp³-hybridized carbons (Fsp3) is 0.385. The third-order valence-corrected chi connectivity index (χ3v) is 8.30. The molecule has 0 heterocycles. The van der Waals surface area contributed by atoms with Gasteiger partial charge in [0, 0.05) is 0 Å². The van der Waals surface area contributed by atoms with Gasteiger partial charge in [0.1, 0.15) is 0 Å². The van der Waals surface area contributed by atoms with Crippen LogP contribution in [0.4, 0.5) is 0 Å². The highest BCUT2D eigenvalue weighted by atomic mass is 28.3. The van der Waals surface area contributed by atoms with E-state index in [1.807, 2.05) is 6.08 Å². The van der Waals surface area contributed by atoms with Gasteiger partial charge in [-0.1, -0.05) is 36.9 Å². The molecule has 0 amide bonds. The van der Waals surface area contributed by atoms with Gasteiger partial charge in [0.15, 0.2) is 0 Å². The summed E-state index contributed by atoms with van der Waals surface area (Å²) in [5, 5.41) is 1.42. The lowest BCUT2D eigenvalue weighted by Crippen LogP contribution is -2.66. The average Bonchev–Trinajstić information content (AvgIpc) is 2.27. The van der Waals surface area contributed by atoms with Gasteiger partial charge in [-0.25, -0.2) is 0 Å². The van der Waals surface area contributed by atoms with Crippen LogP contribution in [0, 0.1) is 0 Å². The van der Waals surface area contributed by atoms with Crippen molar-refractivity contribution in [2.45, 2.75) is 6.55 Å². The zero-order valence-corrected chi connectivity index (χ0v) is 12.0. The Kier molecular flexibility index (Phi) is 4.07. The fourth-order valence-corrected chi connectivity index (χ4v) is 4.56. The second kappa shape index (κ2) is 4.95. The number of rotatable bonds is 4. The van der Waals surface area contributed by atoms with E-state index in [-0.39, 0.29) is 0 Å². The van der Waals surface area contributed by atoms with Gasteiger partial charge in [0.25, 0.3) is 0 Å². The minimum atomic E-state index is -1.71. The summed E-state index contributed by atoms with van der Waals surface area (Å²) in [6.07, 6.45) is 1.91. The minimum absolute atomic E-state index is 1.19. The van der Waals surface area contributed by atoms with Crippen LogP contribution < -0.4 is 5.19 Å². The van der Waals surface area contributed by atoms with E-state index in [4.69, 9.17) is 0 Å². The van der Waals surface area contributed by atoms with Crippen molar-refractivity contribution in [1.82, 2.24) is 9.13 Å². The van der Waals surface area contributed by atoms with Crippen LogP contribution in [-0.2, 0) is 0 Å². The van der Waals surface area contributed by atoms with Crippen LogP contribution in [0.25, 0.3) is 6.08 Å². The summed E-state index contributed by atoms with van der Waals surface area (Å²) < 4.78 is 4.71. The van der Waals surface area contributed by atoms with Crippen molar-refractivity contribution in [3.8, 4) is 0 Å². The van der Waals surface area contributed by atoms with Crippen LogP contribution in [0.3, 0.4) is 0 Å². The topological polar surface area (TPSA) is 6.48 Å². The summed E-state index contributed by atoms with van der Waals surface area (Å²) in [6.45, 7) is 6.19. The van der Waals surface area contributed by atoms with Crippen molar-refractivity contribution in [2.24, 2.45) is 0 Å². The Labute approximate surface area is 100 Å². The van der Waals surface area contributed by atoms with Gasteiger partial charge in [-0.3, -0.25) is 0 Å². The first-order valence-corrected chi connectivity index (χ1v) is 7.90. The van der Waals surface area contributed by atoms with Gasteiger partial charge in [-0.05, 0) is 45.5 Å². The maximum Gasteiger partial charge on any atom is 0.235 e. The van der Waals surface area contributed by atoms with E-state index >= 15 is 0 Å². The highest BCUT2D eigenvalue weighted by Gasteiger charge is 2.35. The van der Waals surface area contributed by atoms with E-state index in [1.54, 1.807) is 0 Å². The Morgan fingerprint density at radius 1 is 1.12 bits per heavy atom. The third kappa shape index (κ3) is 2.26. The monoisotopic (exact) mass is 234 g/mol. The standard InChI is InChI=1S/C13H22N2Si/c1-7-12-9-8-10-13(11-12)16(6,14(2)3)15(4)5/h7-11H,1H2,2-6H3. The lowest BCUT2D eigenvalue weighted by atomic mass is 10.2. The number of hydrogen-bond donors (Lipinski definition) is 0. The van der Waals surface area contributed by atoms with Crippen LogP contribution in [0.2, 0.25) is 6.55 Å². The van der Waals surface area contributed by atoms with Crippen molar-refractivity contribution in [1.29, 1.82) is 0 Å². The van der Waals surface area contributed by atoms with Crippen LogP contribution >= 0.6 is 0 Å². The molecule has 2 nitrogen and oxygen atoms in total. The SMILES string of the molecule is C=Cc1cccc([Si](C)(N(C)C)N(C)C)c1. The first kappa shape index (κ1) is 13.2. The molecule has 16 heavy (non-hydrogen) atoms. The molecule has 0 atom stereocenters. The van der Waals surface area contributed by atoms with E-state index in [0.717, 1.165) is 0 Å². The summed E-state index contributed by atoms with van der Waals surface area (Å²) in [7, 11) is 6.93. The molecular weight excluding hydrogens is 212 g/mol. The molecule has 88 valence electrons. The van der Waals surface area contributed by atoms with Gasteiger partial charge < -0.3 is 9.13 Å². The summed E-state index contributed by atoms with van der Waals surface area (Å²) in [5.41, 5.74) is 1.19. The molecule has 1 rings (SSSR count). The van der Waals surface area contributed by atoms with Crippen LogP contribution in [0.1, 0.15) is 5.56 Å². The highest BCUT2D eigenvalue weighted by Crippen LogP contribution is 2.11. The predicted molar refractivity (Wildman–Crippen MR) is 75.2 cm³/mol. The van der Waals surface area contributed by atoms with Crippen LogP contribution in [0.5, 0.6) is 0 Å². The first-order valence-electron chi connectivity index (χ1n) is 5.50. The Balaban J connectivity index is 3.26. The fourth-order valence-electron chi connectivity index (χ4n) is 1.88. The third-order valence-electron chi connectivity index (χ3n) is 3.41. The van der Waals surface area contributed by atoms with Crippen molar-refractivity contribution < 1.29 is 0 Å². The highest BCUT2D eigenvalue weighted by molar-refractivity contribution is 6.85. The van der Waals surface area contributed by atoms with E-state index in [2.05, 4.69) is 74.7 Å². The molecule has 0 aromatic heterocycles. The number of benzene rings is 1. The first-order chi connectivity index (χ1) is 7.42. The van der Waals surface area contributed by atoms with Crippen molar-refractivity contribution in [3.05, 3.63) is 36.4 Å². The van der Waals surface area contributed by atoms with E-state index in [0.29, 0.717) is 0 Å². The smallest absolute Gasteiger partial charge is 0.235 e. The molecule has 3 heteroatoms. The molecule has 0 saturated heterocycles. The van der Waals surface area contributed by atoms with E-state index in [1.165, 1.54) is 10.8 Å². The van der Waals surface area contributed by atoms with Crippen LogP contribution in [0.15, 0.2) is 30.8 Å². The van der Waals surface area contributed by atoms with Gasteiger partial charge in [-0.2, -0.15) is 0 Å². The lowest BCUT2D eigenvalue weighted by molar-refractivity contribution is 0.503. The average molecular weight is 234 g/mol. The molecule has 0 aliphatic rings. The van der Waals surface area contributed by atoms with Crippen molar-refractivity contribution >= 4 is 19.7 Å². The predicted octanol–water partition coefficient (Wildman–Crippen LogP) is 1.73. The summed E-state index contributed by atoms with van der Waals surface area (Å²) in [6, 6.07) is 8.68. The van der Waals surface area contributed by atoms with Crippen molar-refractivity contribution in [3.63, 3.8) is 0 Å².